The van der Waals surface area contributed by atoms with E-state index in [0.717, 1.165) is 0 Å². The van der Waals surface area contributed by atoms with Crippen molar-refractivity contribution in [2.45, 2.75) is 88.5 Å². The summed E-state index contributed by atoms with van der Waals surface area (Å²) < 4.78 is 0. The first-order valence-electron chi connectivity index (χ1n) is 15.8. The predicted molar refractivity (Wildman–Crippen MR) is 202 cm³/mol. The van der Waals surface area contributed by atoms with Crippen LogP contribution >= 0.6 is 0 Å². The van der Waals surface area contributed by atoms with Crippen molar-refractivity contribution in [1.82, 2.24) is 0 Å². The van der Waals surface area contributed by atoms with E-state index in [1.54, 1.807) is 0 Å². The third-order valence-electron chi connectivity index (χ3n) is 11.5. The molecule has 0 aliphatic heterocycles. The molecule has 0 radical (unpaired) electrons. The quantitative estimate of drug-likeness (QED) is 0.124. The molecule has 0 saturated carbocycles. The Morgan fingerprint density at radius 2 is 0.717 bits per heavy atom. The Balaban J connectivity index is 0.00000192. The molecule has 0 aliphatic rings. The largest absolute Gasteiger partial charge is 4.00 e. The van der Waals surface area contributed by atoms with Crippen LogP contribution in [0.2, 0.25) is 0 Å². The minimum Gasteiger partial charge on any atom is -0.358 e. The minimum atomic E-state index is -0.140. The Morgan fingerprint density at radius 1 is 0.435 bits per heavy atom. The number of hydrogen-bond acceptors (Lipinski definition) is 0. The van der Waals surface area contributed by atoms with Gasteiger partial charge in [0.1, 0.15) is 0 Å². The molecule has 0 fully saturated rings. The third-order valence-corrected chi connectivity index (χ3v) is 11.5. The van der Waals surface area contributed by atoms with Crippen molar-refractivity contribution in [2.24, 2.45) is 0 Å². The van der Waals surface area contributed by atoms with Crippen molar-refractivity contribution >= 4 is 21.5 Å². The van der Waals surface area contributed by atoms with E-state index in [1.165, 1.54) is 111 Å². The molecule has 0 unspecified atom stereocenters. The predicted octanol–water partition coefficient (Wildman–Crippen LogP) is 13.1. The first-order chi connectivity index (χ1) is 20.2. The van der Waals surface area contributed by atoms with Crippen molar-refractivity contribution in [3.05, 3.63) is 142 Å². The van der Waals surface area contributed by atoms with Crippen LogP contribution in [-0.2, 0) is 31.3 Å². The van der Waals surface area contributed by atoms with Gasteiger partial charge in [-0.25, -0.2) is 0 Å². The summed E-state index contributed by atoms with van der Waals surface area (Å²) in [6.45, 7) is 27.6. The van der Waals surface area contributed by atoms with Crippen LogP contribution in [-0.4, -0.2) is 0 Å². The Morgan fingerprint density at radius 3 is 1.02 bits per heavy atom. The summed E-state index contributed by atoms with van der Waals surface area (Å²) in [6.07, 6.45) is 0. The van der Waals surface area contributed by atoms with Gasteiger partial charge in [-0.15, -0.1) is 69.1 Å². The maximum absolute atomic E-state index is 2.47. The molecule has 0 nitrogen and oxygen atoms in total. The van der Waals surface area contributed by atoms with E-state index >= 15 is 0 Å². The average Bonchev–Trinajstić information content (AvgIpc) is 3.64. The molecule has 46 heavy (non-hydrogen) atoms. The molecule has 0 saturated heterocycles. The summed E-state index contributed by atoms with van der Waals surface area (Å²) in [6, 6.07) is 23.5. The smallest absolute Gasteiger partial charge is 0.358 e. The van der Waals surface area contributed by atoms with Gasteiger partial charge >= 0.3 is 25.8 Å². The SMILES string of the molecule is Cc1c(C)c(C)c(-c2cccc3[cH-]c(C(C)(C)c4cc5c(-c6c(C)c(C)c(C)c(C)c6C)cccc5[cH-]4)cc23)c(C)c1C.[CH3-].[CH3-].[Hf+4]. The van der Waals surface area contributed by atoms with E-state index in [4.69, 9.17) is 0 Å². The second kappa shape index (κ2) is 13.2. The molecule has 0 atom stereocenters. The number of fused-ring (bicyclic) bond motifs is 2. The van der Waals surface area contributed by atoms with E-state index in [2.05, 4.69) is 144 Å². The molecule has 0 aromatic heterocycles. The van der Waals surface area contributed by atoms with Crippen LogP contribution in [0.1, 0.15) is 80.6 Å². The first kappa shape index (κ1) is 37.4. The topological polar surface area (TPSA) is 0 Å². The van der Waals surface area contributed by atoms with Gasteiger partial charge in [-0.2, -0.15) is 12.1 Å². The molecular weight excluding hydrogens is 719 g/mol. The van der Waals surface area contributed by atoms with Gasteiger partial charge in [-0.05, 0) is 141 Å². The Kier molecular flexibility index (Phi) is 10.8. The van der Waals surface area contributed by atoms with E-state index in [1.807, 2.05) is 0 Å². The van der Waals surface area contributed by atoms with Crippen molar-refractivity contribution in [3.63, 3.8) is 0 Å². The van der Waals surface area contributed by atoms with Gasteiger partial charge in [0.25, 0.3) is 0 Å². The fraction of sp³-hybridized carbons (Fsp3) is 0.289. The second-order valence-corrected chi connectivity index (χ2v) is 13.7. The first-order valence-corrected chi connectivity index (χ1v) is 15.8. The molecule has 0 N–H and O–H groups in total. The Bertz CT molecular complexity index is 1880. The average molecular weight is 771 g/mol. The minimum absolute atomic E-state index is 0. The summed E-state index contributed by atoms with van der Waals surface area (Å²) >= 11 is 0. The van der Waals surface area contributed by atoms with Crippen LogP contribution < -0.4 is 0 Å². The molecule has 0 heterocycles. The maximum Gasteiger partial charge on any atom is 4.00 e. The molecule has 0 spiro atoms. The summed E-state index contributed by atoms with van der Waals surface area (Å²) in [7, 11) is 0. The van der Waals surface area contributed by atoms with E-state index in [-0.39, 0.29) is 46.1 Å². The van der Waals surface area contributed by atoms with Gasteiger partial charge < -0.3 is 14.9 Å². The van der Waals surface area contributed by atoms with Crippen molar-refractivity contribution < 1.29 is 25.8 Å². The summed E-state index contributed by atoms with van der Waals surface area (Å²) in [5.74, 6) is 0. The monoisotopic (exact) mass is 772 g/mol. The zero-order chi connectivity index (χ0) is 31.1. The van der Waals surface area contributed by atoms with Crippen molar-refractivity contribution in [1.29, 1.82) is 0 Å². The molecule has 0 aliphatic carbocycles. The van der Waals surface area contributed by atoms with Gasteiger partial charge in [0.15, 0.2) is 0 Å². The molecule has 236 valence electrons. The molecule has 6 aromatic rings. The van der Waals surface area contributed by atoms with Crippen LogP contribution in [0.3, 0.4) is 0 Å². The summed E-state index contributed by atoms with van der Waals surface area (Å²) in [4.78, 5) is 0. The van der Waals surface area contributed by atoms with Crippen LogP contribution in [0.25, 0.3) is 43.8 Å². The van der Waals surface area contributed by atoms with Crippen LogP contribution in [0.15, 0.2) is 60.7 Å². The molecule has 0 amide bonds. The van der Waals surface area contributed by atoms with Crippen LogP contribution in [0.4, 0.5) is 0 Å². The zero-order valence-corrected chi connectivity index (χ0v) is 34.4. The fourth-order valence-corrected chi connectivity index (χ4v) is 7.60. The van der Waals surface area contributed by atoms with E-state index < -0.39 is 0 Å². The normalized spacial score (nSPS) is 11.4. The van der Waals surface area contributed by atoms with Gasteiger partial charge in [0.05, 0.1) is 0 Å². The van der Waals surface area contributed by atoms with Crippen LogP contribution in [0.5, 0.6) is 0 Å². The standard InChI is InChI=1S/C43H46.2CH3.Hf/c1-23-25(3)29(7)41(30(8)26(23)4)37-17-13-15-33-19-35(21-39(33)37)43(11,12)36-20-34-16-14-18-38(40(34)22-36)42-31(9)27(5)24(2)28(6)32(42)10;;;/h13-22H,1-12H3;2*1H3;/q-2;2*-1;+4. The molecule has 6 aromatic carbocycles. The van der Waals surface area contributed by atoms with Crippen molar-refractivity contribution in [3.8, 4) is 22.3 Å². The Hall–Kier alpha value is -3.03. The van der Waals surface area contributed by atoms with E-state index in [0.29, 0.717) is 0 Å². The van der Waals surface area contributed by atoms with Gasteiger partial charge in [0.2, 0.25) is 0 Å². The maximum atomic E-state index is 2.47. The van der Waals surface area contributed by atoms with Crippen LogP contribution in [0, 0.1) is 84.1 Å². The summed E-state index contributed by atoms with van der Waals surface area (Å²) in [5.41, 5.74) is 22.2. The van der Waals surface area contributed by atoms with Gasteiger partial charge in [-0.3, -0.25) is 0 Å². The van der Waals surface area contributed by atoms with E-state index in [9.17, 15) is 0 Å². The molecular formula is C45H52Hf. The molecule has 1 heteroatoms. The second-order valence-electron chi connectivity index (χ2n) is 13.7. The molecule has 0 bridgehead atoms. The zero-order valence-electron chi connectivity index (χ0n) is 30.8. The number of benzene rings is 4. The molecule has 6 rings (SSSR count). The third kappa shape index (κ3) is 5.51. The fourth-order valence-electron chi connectivity index (χ4n) is 7.60. The number of hydrogen-bond donors (Lipinski definition) is 0. The summed E-state index contributed by atoms with van der Waals surface area (Å²) in [5, 5.41) is 5.36. The Labute approximate surface area is 298 Å². The van der Waals surface area contributed by atoms with Crippen molar-refractivity contribution in [2.75, 3.05) is 0 Å². The van der Waals surface area contributed by atoms with Gasteiger partial charge in [-0.1, -0.05) is 37.1 Å². The van der Waals surface area contributed by atoms with Gasteiger partial charge in [0, 0.05) is 0 Å². The number of rotatable bonds is 4.